The number of rotatable bonds is 5. The Hall–Kier alpha value is -1.08. The van der Waals surface area contributed by atoms with Crippen LogP contribution in [0.2, 0.25) is 0 Å². The molecule has 0 aliphatic heterocycles. The van der Waals surface area contributed by atoms with Crippen LogP contribution in [-0.2, 0) is 11.3 Å². The van der Waals surface area contributed by atoms with Crippen molar-refractivity contribution < 1.29 is 4.74 Å². The lowest BCUT2D eigenvalue weighted by Gasteiger charge is -2.61. The van der Waals surface area contributed by atoms with E-state index in [1.807, 2.05) is 0 Å². The smallest absolute Gasteiger partial charge is 0.0720 e. The van der Waals surface area contributed by atoms with Gasteiger partial charge in [-0.1, -0.05) is 50.3 Å². The van der Waals surface area contributed by atoms with Gasteiger partial charge >= 0.3 is 0 Å². The largest absolute Gasteiger partial charge is 0.374 e. The maximum Gasteiger partial charge on any atom is 0.0720 e. The third-order valence-electron chi connectivity index (χ3n) is 10.6. The van der Waals surface area contributed by atoms with Crippen LogP contribution in [0.25, 0.3) is 0 Å². The van der Waals surface area contributed by atoms with Crippen LogP contribution in [0, 0.1) is 40.4 Å². The molecule has 1 aromatic carbocycles. The lowest BCUT2D eigenvalue weighted by Crippen LogP contribution is -2.54. The monoisotopic (exact) mass is 406 g/mol. The fourth-order valence-corrected chi connectivity index (χ4v) is 8.86. The van der Waals surface area contributed by atoms with Crippen LogP contribution in [0.5, 0.6) is 0 Å². The van der Waals surface area contributed by atoms with Crippen molar-refractivity contribution in [2.45, 2.75) is 90.8 Å². The molecule has 0 bridgehead atoms. The number of hydrogen-bond donors (Lipinski definition) is 0. The number of allylic oxidation sites excluding steroid dienone is 1. The highest BCUT2D eigenvalue weighted by Gasteiger charge is 2.59. The van der Waals surface area contributed by atoms with Gasteiger partial charge < -0.3 is 4.74 Å². The van der Waals surface area contributed by atoms with Gasteiger partial charge in [-0.2, -0.15) is 0 Å². The molecule has 1 heteroatoms. The van der Waals surface area contributed by atoms with E-state index >= 15 is 0 Å². The fraction of sp³-hybridized carbons (Fsp3) is 0.724. The lowest BCUT2D eigenvalue weighted by atomic mass is 9.44. The Kier molecular flexibility index (Phi) is 5.63. The number of benzene rings is 1. The van der Waals surface area contributed by atoms with E-state index in [2.05, 4.69) is 56.8 Å². The molecule has 4 aliphatic rings. The van der Waals surface area contributed by atoms with Gasteiger partial charge in [0.05, 0.1) is 12.7 Å². The summed E-state index contributed by atoms with van der Waals surface area (Å²) in [5, 5.41) is 0. The summed E-state index contributed by atoms with van der Waals surface area (Å²) in [6.45, 7) is 10.2. The van der Waals surface area contributed by atoms with Crippen molar-refractivity contribution in [1.29, 1.82) is 0 Å². The first kappa shape index (κ1) is 20.8. The molecule has 4 unspecified atom stereocenters. The molecule has 4 saturated carbocycles. The molecule has 5 rings (SSSR count). The normalized spacial score (nSPS) is 45.3. The molecule has 1 nitrogen and oxygen atoms in total. The first-order chi connectivity index (χ1) is 14.5. The van der Waals surface area contributed by atoms with Crippen LogP contribution in [0.4, 0.5) is 0 Å². The second-order valence-electron chi connectivity index (χ2n) is 11.7. The minimum absolute atomic E-state index is 0.470. The van der Waals surface area contributed by atoms with E-state index < -0.39 is 0 Å². The van der Waals surface area contributed by atoms with Crippen LogP contribution < -0.4 is 0 Å². The fourth-order valence-electron chi connectivity index (χ4n) is 8.86. The molecule has 0 radical (unpaired) electrons. The Morgan fingerprint density at radius 3 is 2.50 bits per heavy atom. The Labute approximate surface area is 184 Å². The highest BCUT2D eigenvalue weighted by molar-refractivity contribution is 5.14. The summed E-state index contributed by atoms with van der Waals surface area (Å²) in [5.41, 5.74) is 2.47. The molecule has 164 valence electrons. The Morgan fingerprint density at radius 1 is 0.933 bits per heavy atom. The molecule has 8 atom stereocenters. The lowest BCUT2D eigenvalue weighted by molar-refractivity contribution is -0.136. The average molecular weight is 407 g/mol. The highest BCUT2D eigenvalue weighted by Crippen LogP contribution is 2.67. The van der Waals surface area contributed by atoms with Crippen LogP contribution in [0.3, 0.4) is 0 Å². The summed E-state index contributed by atoms with van der Waals surface area (Å²) in [4.78, 5) is 0. The average Bonchev–Trinajstić information content (AvgIpc) is 3.09. The Bertz CT molecular complexity index is 740. The van der Waals surface area contributed by atoms with Crippen molar-refractivity contribution in [2.24, 2.45) is 40.4 Å². The zero-order valence-corrected chi connectivity index (χ0v) is 19.3. The van der Waals surface area contributed by atoms with Gasteiger partial charge in [0.15, 0.2) is 0 Å². The second kappa shape index (κ2) is 8.12. The van der Waals surface area contributed by atoms with Gasteiger partial charge in [-0.25, -0.2) is 0 Å². The maximum atomic E-state index is 6.42. The quantitative estimate of drug-likeness (QED) is 0.453. The number of fused-ring (bicyclic) bond motifs is 5. The van der Waals surface area contributed by atoms with Crippen LogP contribution in [0.1, 0.15) is 83.6 Å². The summed E-state index contributed by atoms with van der Waals surface area (Å²) >= 11 is 0. The zero-order chi connectivity index (χ0) is 20.8. The van der Waals surface area contributed by atoms with Crippen LogP contribution in [-0.4, -0.2) is 6.10 Å². The minimum atomic E-state index is 0.470. The van der Waals surface area contributed by atoms with E-state index in [1.165, 1.54) is 69.8 Å². The minimum Gasteiger partial charge on any atom is -0.374 e. The predicted octanol–water partition coefficient (Wildman–Crippen LogP) is 7.81. The van der Waals surface area contributed by atoms with E-state index in [0.29, 0.717) is 16.9 Å². The van der Waals surface area contributed by atoms with Crippen LogP contribution in [0.15, 0.2) is 43.0 Å². The summed E-state index contributed by atoms with van der Waals surface area (Å²) < 4.78 is 6.42. The highest BCUT2D eigenvalue weighted by atomic mass is 16.5. The predicted molar refractivity (Wildman–Crippen MR) is 125 cm³/mol. The van der Waals surface area contributed by atoms with Gasteiger partial charge in [-0.15, -0.1) is 6.58 Å². The molecule has 4 fully saturated rings. The molecular formula is C29H42O. The molecule has 0 heterocycles. The van der Waals surface area contributed by atoms with Gasteiger partial charge in [0.25, 0.3) is 0 Å². The molecule has 0 N–H and O–H groups in total. The summed E-state index contributed by atoms with van der Waals surface area (Å²) in [6.07, 6.45) is 16.7. The topological polar surface area (TPSA) is 9.23 Å². The van der Waals surface area contributed by atoms with Gasteiger partial charge in [0.1, 0.15) is 0 Å². The van der Waals surface area contributed by atoms with E-state index in [0.717, 1.165) is 36.2 Å². The van der Waals surface area contributed by atoms with E-state index in [4.69, 9.17) is 4.74 Å². The van der Waals surface area contributed by atoms with Crippen LogP contribution >= 0.6 is 0 Å². The Balaban J connectivity index is 1.25. The third-order valence-corrected chi connectivity index (χ3v) is 10.6. The Morgan fingerprint density at radius 2 is 1.70 bits per heavy atom. The molecule has 0 saturated heterocycles. The van der Waals surface area contributed by atoms with Crippen molar-refractivity contribution >= 4 is 0 Å². The summed E-state index contributed by atoms with van der Waals surface area (Å²) in [5.74, 6) is 4.70. The molecule has 4 aliphatic carbocycles. The van der Waals surface area contributed by atoms with Gasteiger partial charge in [0, 0.05) is 0 Å². The first-order valence-corrected chi connectivity index (χ1v) is 12.8. The second-order valence-corrected chi connectivity index (χ2v) is 11.7. The molecule has 30 heavy (non-hydrogen) atoms. The van der Waals surface area contributed by atoms with Crippen molar-refractivity contribution in [2.75, 3.05) is 0 Å². The zero-order valence-electron chi connectivity index (χ0n) is 19.3. The van der Waals surface area contributed by atoms with E-state index in [9.17, 15) is 0 Å². The molecular weight excluding hydrogens is 364 g/mol. The SMILES string of the molecule is C=CCC1CCC2[C@@H]3CC[C@@H]4CC(OCc5ccccc5)CC[C@]4(C)C3CC[C@]12C. The van der Waals surface area contributed by atoms with Gasteiger partial charge in [-0.05, 0) is 110 Å². The van der Waals surface area contributed by atoms with Crippen molar-refractivity contribution in [3.63, 3.8) is 0 Å². The van der Waals surface area contributed by atoms with E-state index in [1.54, 1.807) is 0 Å². The molecule has 0 spiro atoms. The number of hydrogen-bond acceptors (Lipinski definition) is 1. The van der Waals surface area contributed by atoms with E-state index in [-0.39, 0.29) is 0 Å². The third kappa shape index (κ3) is 3.40. The van der Waals surface area contributed by atoms with Gasteiger partial charge in [0.2, 0.25) is 0 Å². The summed E-state index contributed by atoms with van der Waals surface area (Å²) in [7, 11) is 0. The van der Waals surface area contributed by atoms with Crippen molar-refractivity contribution in [1.82, 2.24) is 0 Å². The first-order valence-electron chi connectivity index (χ1n) is 12.8. The maximum absolute atomic E-state index is 6.42. The number of ether oxygens (including phenoxy) is 1. The summed E-state index contributed by atoms with van der Waals surface area (Å²) in [6, 6.07) is 10.7. The van der Waals surface area contributed by atoms with Crippen molar-refractivity contribution in [3.05, 3.63) is 48.6 Å². The molecule has 0 aromatic heterocycles. The molecule has 0 amide bonds. The van der Waals surface area contributed by atoms with Crippen molar-refractivity contribution in [3.8, 4) is 0 Å². The van der Waals surface area contributed by atoms with Gasteiger partial charge in [-0.3, -0.25) is 0 Å². The standard InChI is InChI=1S/C29H42O/c1-4-8-22-12-14-26-25-13-11-23-19-24(30-20-21-9-6-5-7-10-21)15-17-29(23,3)27(25)16-18-28(22,26)2/h4-7,9-10,22-27H,1,8,11-20H2,2-3H3/t22?,23-,24?,25+,26?,27?,28-,29+/m1/s1. The molecule has 1 aromatic rings.